The minimum absolute atomic E-state index is 0.0298. The Kier molecular flexibility index (Phi) is 8.61. The molecule has 3 aromatic rings. The predicted molar refractivity (Wildman–Crippen MR) is 155 cm³/mol. The first-order valence-electron chi connectivity index (χ1n) is 12.8. The summed E-state index contributed by atoms with van der Waals surface area (Å²) in [4.78, 5) is 22.2. The van der Waals surface area contributed by atoms with E-state index in [-0.39, 0.29) is 5.70 Å². The molecule has 0 saturated carbocycles. The van der Waals surface area contributed by atoms with Crippen LogP contribution < -0.4 is 16.0 Å². The number of rotatable bonds is 7. The SMILES string of the molecule is C=C(N=C(/C=C(\N)C(=O)Nc1ccccc1-c1nnc(N2CCOCC2)s1)N1CCOCC1)c1ccccc1. The van der Waals surface area contributed by atoms with E-state index in [0.717, 1.165) is 29.3 Å². The van der Waals surface area contributed by atoms with E-state index in [2.05, 4.69) is 27.0 Å². The number of hydrogen-bond acceptors (Lipinski definition) is 9. The second-order valence-corrected chi connectivity index (χ2v) is 9.93. The third-order valence-corrected chi connectivity index (χ3v) is 7.36. The summed E-state index contributed by atoms with van der Waals surface area (Å²) in [6.07, 6.45) is 1.60. The van der Waals surface area contributed by atoms with Gasteiger partial charge in [-0.2, -0.15) is 0 Å². The summed E-state index contributed by atoms with van der Waals surface area (Å²) < 4.78 is 10.9. The highest BCUT2D eigenvalue weighted by atomic mass is 32.1. The molecule has 0 atom stereocenters. The Labute approximate surface area is 231 Å². The molecule has 2 saturated heterocycles. The number of nitrogens with one attached hydrogen (secondary N) is 1. The van der Waals surface area contributed by atoms with Gasteiger partial charge < -0.3 is 30.3 Å². The summed E-state index contributed by atoms with van der Waals surface area (Å²) in [5.41, 5.74) is 9.19. The van der Waals surface area contributed by atoms with Crippen LogP contribution >= 0.6 is 11.3 Å². The molecule has 0 radical (unpaired) electrons. The summed E-state index contributed by atoms with van der Waals surface area (Å²) in [5, 5.41) is 13.2. The quantitative estimate of drug-likeness (QED) is 0.264. The molecule has 39 heavy (non-hydrogen) atoms. The van der Waals surface area contributed by atoms with Crippen molar-refractivity contribution in [1.29, 1.82) is 0 Å². The number of carbonyl (C=O) groups excluding carboxylic acids is 1. The number of aromatic nitrogens is 2. The molecule has 11 heteroatoms. The van der Waals surface area contributed by atoms with Crippen LogP contribution in [0, 0.1) is 0 Å². The number of nitrogens with two attached hydrogens (primary N) is 1. The number of amidine groups is 1. The third kappa shape index (κ3) is 6.69. The lowest BCUT2D eigenvalue weighted by atomic mass is 10.1. The van der Waals surface area contributed by atoms with Crippen LogP contribution in [0.2, 0.25) is 0 Å². The average Bonchev–Trinajstić information content (AvgIpc) is 3.48. The van der Waals surface area contributed by atoms with Gasteiger partial charge in [-0.15, -0.1) is 10.2 Å². The van der Waals surface area contributed by atoms with Gasteiger partial charge in [-0.3, -0.25) is 4.79 Å². The zero-order valence-electron chi connectivity index (χ0n) is 21.6. The smallest absolute Gasteiger partial charge is 0.271 e. The highest BCUT2D eigenvalue weighted by Gasteiger charge is 2.20. The van der Waals surface area contributed by atoms with Crippen LogP contribution in [0.5, 0.6) is 0 Å². The number of aliphatic imine (C=N–C) groups is 1. The van der Waals surface area contributed by atoms with E-state index in [0.29, 0.717) is 61.7 Å². The number of ether oxygens (including phenoxy) is 2. The van der Waals surface area contributed by atoms with Crippen molar-refractivity contribution in [2.75, 3.05) is 62.8 Å². The first-order chi connectivity index (χ1) is 19.1. The summed E-state index contributed by atoms with van der Waals surface area (Å²) in [7, 11) is 0. The van der Waals surface area contributed by atoms with E-state index < -0.39 is 5.91 Å². The molecule has 1 aromatic heterocycles. The van der Waals surface area contributed by atoms with Gasteiger partial charge in [0.2, 0.25) is 5.13 Å². The first-order valence-corrected chi connectivity index (χ1v) is 13.6. The van der Waals surface area contributed by atoms with Gasteiger partial charge in [0, 0.05) is 37.8 Å². The number of morpholine rings is 2. The topological polar surface area (TPSA) is 118 Å². The van der Waals surface area contributed by atoms with Crippen molar-refractivity contribution in [2.45, 2.75) is 0 Å². The highest BCUT2D eigenvalue weighted by molar-refractivity contribution is 7.18. The van der Waals surface area contributed by atoms with Crippen LogP contribution in [0.15, 0.2) is 77.9 Å². The van der Waals surface area contributed by atoms with E-state index in [4.69, 9.17) is 20.2 Å². The lowest BCUT2D eigenvalue weighted by molar-refractivity contribution is -0.112. The van der Waals surface area contributed by atoms with Crippen molar-refractivity contribution < 1.29 is 14.3 Å². The molecule has 2 fully saturated rings. The fourth-order valence-corrected chi connectivity index (χ4v) is 5.14. The molecular weight excluding hydrogens is 514 g/mol. The zero-order valence-corrected chi connectivity index (χ0v) is 22.4. The number of carbonyl (C=O) groups is 1. The van der Waals surface area contributed by atoms with Crippen molar-refractivity contribution in [3.63, 3.8) is 0 Å². The van der Waals surface area contributed by atoms with Crippen molar-refractivity contribution in [3.8, 4) is 10.6 Å². The standard InChI is InChI=1S/C28H31N7O3S/c1-20(21-7-3-2-4-8-21)30-25(34-11-15-37-16-12-34)19-23(29)26(36)31-24-10-6-5-9-22(24)27-32-33-28(39-27)35-13-17-38-18-14-35/h2-10,19H,1,11-18,29H2,(H,31,36)/b23-19-,30-25?. The first kappa shape index (κ1) is 26.5. The van der Waals surface area contributed by atoms with Crippen molar-refractivity contribution in [2.24, 2.45) is 10.7 Å². The normalized spacial score (nSPS) is 16.7. The van der Waals surface area contributed by atoms with Crippen molar-refractivity contribution >= 4 is 39.6 Å². The summed E-state index contributed by atoms with van der Waals surface area (Å²) in [6, 6.07) is 17.2. The molecule has 10 nitrogen and oxygen atoms in total. The maximum absolute atomic E-state index is 13.2. The van der Waals surface area contributed by atoms with Gasteiger partial charge in [-0.05, 0) is 17.7 Å². The van der Waals surface area contributed by atoms with Crippen LogP contribution in [0.25, 0.3) is 16.3 Å². The number of para-hydroxylation sites is 1. The monoisotopic (exact) mass is 545 g/mol. The summed E-state index contributed by atoms with van der Waals surface area (Å²) in [6.45, 7) is 9.42. The molecule has 0 unspecified atom stereocenters. The van der Waals surface area contributed by atoms with E-state index in [1.807, 2.05) is 59.5 Å². The van der Waals surface area contributed by atoms with E-state index in [1.54, 1.807) is 6.08 Å². The minimum Gasteiger partial charge on any atom is -0.394 e. The molecule has 2 aliphatic rings. The molecular formula is C28H31N7O3S. The summed E-state index contributed by atoms with van der Waals surface area (Å²) in [5.74, 6) is 0.124. The largest absolute Gasteiger partial charge is 0.394 e. The Morgan fingerprint density at radius 1 is 0.974 bits per heavy atom. The molecule has 2 aromatic carbocycles. The lowest BCUT2D eigenvalue weighted by Crippen LogP contribution is -2.40. The van der Waals surface area contributed by atoms with E-state index >= 15 is 0 Å². The number of anilines is 2. The fourth-order valence-electron chi connectivity index (χ4n) is 4.20. The molecule has 2 aliphatic heterocycles. The zero-order chi connectivity index (χ0) is 27.0. The van der Waals surface area contributed by atoms with Gasteiger partial charge in [-0.1, -0.05) is 60.4 Å². The second kappa shape index (κ2) is 12.7. The van der Waals surface area contributed by atoms with Crippen LogP contribution in [-0.4, -0.2) is 79.4 Å². The Morgan fingerprint density at radius 2 is 1.64 bits per heavy atom. The molecule has 202 valence electrons. The van der Waals surface area contributed by atoms with Crippen molar-refractivity contribution in [1.82, 2.24) is 15.1 Å². The molecule has 0 spiro atoms. The Morgan fingerprint density at radius 3 is 2.38 bits per heavy atom. The van der Waals surface area contributed by atoms with Crippen LogP contribution in [0.4, 0.5) is 10.8 Å². The van der Waals surface area contributed by atoms with Crippen LogP contribution in [0.1, 0.15) is 5.56 Å². The molecule has 1 amide bonds. The third-order valence-electron chi connectivity index (χ3n) is 6.34. The predicted octanol–water partition coefficient (Wildman–Crippen LogP) is 3.22. The number of amides is 1. The van der Waals surface area contributed by atoms with E-state index in [9.17, 15) is 4.79 Å². The van der Waals surface area contributed by atoms with Gasteiger partial charge in [-0.25, -0.2) is 4.99 Å². The van der Waals surface area contributed by atoms with Gasteiger partial charge >= 0.3 is 0 Å². The molecule has 5 rings (SSSR count). The number of benzene rings is 2. The van der Waals surface area contributed by atoms with Gasteiger partial charge in [0.15, 0.2) is 5.01 Å². The van der Waals surface area contributed by atoms with E-state index in [1.165, 1.54) is 11.3 Å². The van der Waals surface area contributed by atoms with Gasteiger partial charge in [0.25, 0.3) is 5.91 Å². The summed E-state index contributed by atoms with van der Waals surface area (Å²) >= 11 is 1.48. The number of nitrogens with zero attached hydrogens (tertiary/aromatic N) is 5. The molecule has 3 N–H and O–H groups in total. The fraction of sp³-hybridized carbons (Fsp3) is 0.286. The molecule has 0 aliphatic carbocycles. The van der Waals surface area contributed by atoms with Gasteiger partial charge in [0.05, 0.1) is 37.8 Å². The maximum Gasteiger partial charge on any atom is 0.271 e. The highest BCUT2D eigenvalue weighted by Crippen LogP contribution is 2.33. The lowest BCUT2D eigenvalue weighted by Gasteiger charge is -2.29. The van der Waals surface area contributed by atoms with Gasteiger partial charge in [0.1, 0.15) is 11.5 Å². The maximum atomic E-state index is 13.2. The minimum atomic E-state index is -0.438. The van der Waals surface area contributed by atoms with Crippen LogP contribution in [0.3, 0.4) is 0 Å². The van der Waals surface area contributed by atoms with Crippen molar-refractivity contribution in [3.05, 3.63) is 78.5 Å². The Balaban J connectivity index is 1.36. The Bertz CT molecular complexity index is 1360. The number of hydrogen-bond donors (Lipinski definition) is 2. The average molecular weight is 546 g/mol. The molecule has 3 heterocycles. The Hall–Kier alpha value is -4.06. The van der Waals surface area contributed by atoms with Crippen LogP contribution in [-0.2, 0) is 14.3 Å². The second-order valence-electron chi connectivity index (χ2n) is 8.97. The molecule has 0 bridgehead atoms.